The van der Waals surface area contributed by atoms with Gasteiger partial charge in [-0.3, -0.25) is 0 Å². The quantitative estimate of drug-likeness (QED) is 0.124. The van der Waals surface area contributed by atoms with Crippen LogP contribution in [0.15, 0.2) is 24.3 Å². The lowest BCUT2D eigenvalue weighted by atomic mass is 10.1. The van der Waals surface area contributed by atoms with Gasteiger partial charge in [0, 0.05) is 0 Å². The normalized spacial score (nSPS) is 10.2. The molecule has 0 aliphatic carbocycles. The molecule has 0 heterocycles. The second-order valence-corrected chi connectivity index (χ2v) is 8.62. The molecule has 0 fully saturated rings. The van der Waals surface area contributed by atoms with E-state index in [1.54, 1.807) is 24.3 Å². The lowest BCUT2D eigenvalue weighted by molar-refractivity contribution is -0.0453. The Bertz CT molecular complexity index is 580. The molecule has 2 N–H and O–H groups in total. The standard InChI is InChI=1S/C24H38O4.C4H10O2.CH4/c1-3-5-7-9-11-15-19-27-23(25)21-17-13-14-18-22(21)24(26)28-20-16-12-10-8-6-4-2;1-2-3-4(5)6;/h13-14,17-18H,3-12,15-16,19-20H2,1-2H3;4-6H,2-3H2,1H3;1H4. The molecule has 35 heavy (non-hydrogen) atoms. The molecule has 1 rings (SSSR count). The van der Waals surface area contributed by atoms with Gasteiger partial charge in [-0.05, 0) is 31.4 Å². The van der Waals surface area contributed by atoms with Gasteiger partial charge in [0.15, 0.2) is 6.29 Å². The Morgan fingerprint density at radius 2 is 1.03 bits per heavy atom. The average Bonchev–Trinajstić information content (AvgIpc) is 2.83. The lowest BCUT2D eigenvalue weighted by Crippen LogP contribution is -2.15. The van der Waals surface area contributed by atoms with Gasteiger partial charge in [0.05, 0.1) is 24.3 Å². The molecule has 0 radical (unpaired) electrons. The molecule has 0 aliphatic rings. The zero-order chi connectivity index (χ0) is 25.4. The molecular formula is C29H52O6. The summed E-state index contributed by atoms with van der Waals surface area (Å²) in [6.07, 6.45) is 13.8. The topological polar surface area (TPSA) is 93.1 Å². The Hall–Kier alpha value is -1.92. The van der Waals surface area contributed by atoms with Crippen molar-refractivity contribution in [2.75, 3.05) is 13.2 Å². The number of rotatable bonds is 18. The summed E-state index contributed by atoms with van der Waals surface area (Å²) in [5.41, 5.74) is 0.586. The van der Waals surface area contributed by atoms with Crippen molar-refractivity contribution < 1.29 is 29.3 Å². The number of esters is 2. The number of carbonyl (C=O) groups is 2. The number of ether oxygens (including phenoxy) is 2. The van der Waals surface area contributed by atoms with Gasteiger partial charge in [-0.15, -0.1) is 0 Å². The SMILES string of the molecule is C.CCCC(O)O.CCCCCCCCOC(=O)c1ccccc1C(=O)OCCCCCCCC. The maximum Gasteiger partial charge on any atom is 0.339 e. The van der Waals surface area contributed by atoms with Gasteiger partial charge in [0.25, 0.3) is 0 Å². The first-order chi connectivity index (χ1) is 16.5. The van der Waals surface area contributed by atoms with Gasteiger partial charge in [0.2, 0.25) is 0 Å². The smallest absolute Gasteiger partial charge is 0.339 e. The number of aliphatic hydroxyl groups excluding tert-OH is 1. The predicted octanol–water partition coefficient (Wildman–Crippen LogP) is 7.45. The van der Waals surface area contributed by atoms with Crippen molar-refractivity contribution in [1.82, 2.24) is 0 Å². The highest BCUT2D eigenvalue weighted by Gasteiger charge is 2.18. The number of unbranched alkanes of at least 4 members (excludes halogenated alkanes) is 10. The van der Waals surface area contributed by atoms with E-state index in [4.69, 9.17) is 19.7 Å². The predicted molar refractivity (Wildman–Crippen MR) is 144 cm³/mol. The zero-order valence-electron chi connectivity index (χ0n) is 21.7. The summed E-state index contributed by atoms with van der Waals surface area (Å²) in [4.78, 5) is 24.7. The highest BCUT2D eigenvalue weighted by molar-refractivity contribution is 6.03. The summed E-state index contributed by atoms with van der Waals surface area (Å²) in [6.45, 7) is 7.08. The van der Waals surface area contributed by atoms with E-state index in [-0.39, 0.29) is 7.43 Å². The minimum absolute atomic E-state index is 0. The van der Waals surface area contributed by atoms with Crippen molar-refractivity contribution in [2.45, 2.75) is 124 Å². The maximum absolute atomic E-state index is 12.4. The van der Waals surface area contributed by atoms with Crippen molar-refractivity contribution in [2.24, 2.45) is 0 Å². The van der Waals surface area contributed by atoms with Gasteiger partial charge in [-0.1, -0.05) is 111 Å². The summed E-state index contributed by atoms with van der Waals surface area (Å²) >= 11 is 0. The molecule has 0 aromatic heterocycles. The molecule has 0 bridgehead atoms. The third kappa shape index (κ3) is 20.0. The first-order valence-corrected chi connectivity index (χ1v) is 13.3. The van der Waals surface area contributed by atoms with Crippen molar-refractivity contribution in [3.8, 4) is 0 Å². The highest BCUT2D eigenvalue weighted by atomic mass is 16.5. The molecule has 0 saturated carbocycles. The van der Waals surface area contributed by atoms with Crippen LogP contribution in [0.3, 0.4) is 0 Å². The van der Waals surface area contributed by atoms with Crippen molar-refractivity contribution in [1.29, 1.82) is 0 Å². The average molecular weight is 497 g/mol. The molecule has 0 aliphatic heterocycles. The summed E-state index contributed by atoms with van der Waals surface area (Å²) < 4.78 is 10.7. The van der Waals surface area contributed by atoms with Gasteiger partial charge in [-0.25, -0.2) is 9.59 Å². The third-order valence-electron chi connectivity index (χ3n) is 5.38. The molecule has 6 nitrogen and oxygen atoms in total. The fraction of sp³-hybridized carbons (Fsp3) is 0.724. The van der Waals surface area contributed by atoms with Crippen molar-refractivity contribution in [3.63, 3.8) is 0 Å². The summed E-state index contributed by atoms with van der Waals surface area (Å²) in [5, 5.41) is 16.2. The van der Waals surface area contributed by atoms with Gasteiger partial charge in [0.1, 0.15) is 0 Å². The van der Waals surface area contributed by atoms with E-state index in [1.165, 1.54) is 51.4 Å². The molecule has 0 amide bonds. The number of benzene rings is 1. The van der Waals surface area contributed by atoms with Crippen LogP contribution < -0.4 is 0 Å². The Balaban J connectivity index is 0. The molecule has 1 aromatic carbocycles. The van der Waals surface area contributed by atoms with E-state index in [1.807, 2.05) is 6.92 Å². The monoisotopic (exact) mass is 496 g/mol. The number of hydrogen-bond acceptors (Lipinski definition) is 6. The highest BCUT2D eigenvalue weighted by Crippen LogP contribution is 2.14. The summed E-state index contributed by atoms with van der Waals surface area (Å²) in [6, 6.07) is 6.74. The Kier molecular flexibility index (Phi) is 25.4. The number of hydrogen-bond donors (Lipinski definition) is 2. The zero-order valence-corrected chi connectivity index (χ0v) is 21.7. The van der Waals surface area contributed by atoms with E-state index in [0.29, 0.717) is 30.8 Å². The Morgan fingerprint density at radius 3 is 1.34 bits per heavy atom. The van der Waals surface area contributed by atoms with Crippen LogP contribution in [-0.2, 0) is 9.47 Å². The molecule has 204 valence electrons. The molecular weight excluding hydrogens is 444 g/mol. The van der Waals surface area contributed by atoms with Crippen LogP contribution in [0.1, 0.15) is 139 Å². The first kappa shape index (κ1) is 35.2. The minimum Gasteiger partial charge on any atom is -0.462 e. The molecule has 1 aromatic rings. The largest absolute Gasteiger partial charge is 0.462 e. The fourth-order valence-electron chi connectivity index (χ4n) is 3.35. The maximum atomic E-state index is 12.4. The first-order valence-electron chi connectivity index (χ1n) is 13.3. The van der Waals surface area contributed by atoms with Crippen molar-refractivity contribution >= 4 is 11.9 Å². The van der Waals surface area contributed by atoms with Gasteiger partial charge < -0.3 is 19.7 Å². The van der Waals surface area contributed by atoms with E-state index in [2.05, 4.69) is 13.8 Å². The van der Waals surface area contributed by atoms with Gasteiger partial charge in [-0.2, -0.15) is 0 Å². The molecule has 0 atom stereocenters. The summed E-state index contributed by atoms with van der Waals surface area (Å²) in [7, 11) is 0. The number of aliphatic hydroxyl groups is 2. The molecule has 0 saturated heterocycles. The Labute approximate surface area is 214 Å². The van der Waals surface area contributed by atoms with Crippen LogP contribution in [0.2, 0.25) is 0 Å². The second-order valence-electron chi connectivity index (χ2n) is 8.62. The van der Waals surface area contributed by atoms with E-state index in [9.17, 15) is 9.59 Å². The van der Waals surface area contributed by atoms with E-state index >= 15 is 0 Å². The van der Waals surface area contributed by atoms with Crippen LogP contribution in [0, 0.1) is 0 Å². The van der Waals surface area contributed by atoms with Gasteiger partial charge >= 0.3 is 11.9 Å². The molecule has 6 heteroatoms. The Morgan fingerprint density at radius 1 is 0.657 bits per heavy atom. The van der Waals surface area contributed by atoms with Crippen LogP contribution in [0.4, 0.5) is 0 Å². The van der Waals surface area contributed by atoms with E-state index < -0.39 is 18.2 Å². The van der Waals surface area contributed by atoms with Crippen molar-refractivity contribution in [3.05, 3.63) is 35.4 Å². The number of carbonyl (C=O) groups excluding carboxylic acids is 2. The van der Waals surface area contributed by atoms with Crippen LogP contribution in [-0.4, -0.2) is 41.7 Å². The fourth-order valence-corrected chi connectivity index (χ4v) is 3.35. The third-order valence-corrected chi connectivity index (χ3v) is 5.38. The van der Waals surface area contributed by atoms with Crippen LogP contribution in [0.25, 0.3) is 0 Å². The summed E-state index contributed by atoms with van der Waals surface area (Å²) in [5.74, 6) is -0.888. The van der Waals surface area contributed by atoms with Crippen LogP contribution >= 0.6 is 0 Å². The molecule has 0 unspecified atom stereocenters. The van der Waals surface area contributed by atoms with E-state index in [0.717, 1.165) is 32.1 Å². The lowest BCUT2D eigenvalue weighted by Gasteiger charge is -2.10. The molecule has 0 spiro atoms. The second kappa shape index (κ2) is 25.2. The van der Waals surface area contributed by atoms with Crippen LogP contribution in [0.5, 0.6) is 0 Å². The minimum atomic E-state index is -1.10.